The number of para-hydroxylation sites is 1. The van der Waals surface area contributed by atoms with Crippen LogP contribution in [-0.2, 0) is 6.54 Å². The third-order valence-electron chi connectivity index (χ3n) is 5.77. The second-order valence-electron chi connectivity index (χ2n) is 7.26. The molecule has 1 fully saturated rings. The van der Waals surface area contributed by atoms with Gasteiger partial charge in [-0.3, -0.25) is 9.78 Å². The van der Waals surface area contributed by atoms with E-state index in [2.05, 4.69) is 11.9 Å². The van der Waals surface area contributed by atoms with Crippen LogP contribution in [0.3, 0.4) is 0 Å². The van der Waals surface area contributed by atoms with Crippen molar-refractivity contribution < 1.29 is 4.79 Å². The van der Waals surface area contributed by atoms with Crippen molar-refractivity contribution in [3.8, 4) is 11.1 Å². The fourth-order valence-electron chi connectivity index (χ4n) is 4.05. The highest BCUT2D eigenvalue weighted by atomic mass is 16.2. The van der Waals surface area contributed by atoms with Gasteiger partial charge < -0.3 is 10.6 Å². The Morgan fingerprint density at radius 2 is 2.04 bits per heavy atom. The number of pyridine rings is 2. The summed E-state index contributed by atoms with van der Waals surface area (Å²) < 4.78 is 0. The minimum atomic E-state index is 0.0413. The van der Waals surface area contributed by atoms with Gasteiger partial charge in [-0.05, 0) is 37.8 Å². The average Bonchev–Trinajstić information content (AvgIpc) is 2.91. The predicted octanol–water partition coefficient (Wildman–Crippen LogP) is 3.70. The third-order valence-corrected chi connectivity index (χ3v) is 5.77. The van der Waals surface area contributed by atoms with E-state index < -0.39 is 0 Å². The van der Waals surface area contributed by atoms with Crippen molar-refractivity contribution in [2.45, 2.75) is 38.8 Å². The van der Waals surface area contributed by atoms with Crippen LogP contribution < -0.4 is 5.73 Å². The van der Waals surface area contributed by atoms with Gasteiger partial charge in [-0.15, -0.1) is 0 Å². The van der Waals surface area contributed by atoms with E-state index in [4.69, 9.17) is 10.7 Å². The summed E-state index contributed by atoms with van der Waals surface area (Å²) in [7, 11) is 0. The van der Waals surface area contributed by atoms with Crippen LogP contribution in [0.4, 0.5) is 5.69 Å². The number of aryl methyl sites for hydroxylation is 1. The van der Waals surface area contributed by atoms with Crippen LogP contribution in [0.25, 0.3) is 22.0 Å². The van der Waals surface area contributed by atoms with Crippen LogP contribution >= 0.6 is 0 Å². The Bertz CT molecular complexity index is 1060. The number of aromatic nitrogens is 2. The summed E-state index contributed by atoms with van der Waals surface area (Å²) in [6.07, 6.45) is 7.01. The average molecular weight is 344 g/mol. The molecule has 0 atom stereocenters. The molecule has 0 spiro atoms. The summed E-state index contributed by atoms with van der Waals surface area (Å²) >= 11 is 0. The molecule has 2 aromatic heterocycles. The molecule has 0 radical (unpaired) electrons. The maximum Gasteiger partial charge on any atom is 0.258 e. The van der Waals surface area contributed by atoms with Gasteiger partial charge in [0.25, 0.3) is 5.91 Å². The molecule has 1 amide bonds. The quantitative estimate of drug-likeness (QED) is 0.769. The van der Waals surface area contributed by atoms with E-state index in [1.165, 1.54) is 6.42 Å². The maximum atomic E-state index is 12.9. The van der Waals surface area contributed by atoms with Crippen LogP contribution in [0, 0.1) is 6.92 Å². The summed E-state index contributed by atoms with van der Waals surface area (Å²) in [5, 5.41) is 0.841. The molecule has 26 heavy (non-hydrogen) atoms. The number of amides is 1. The van der Waals surface area contributed by atoms with Crippen molar-refractivity contribution in [3.63, 3.8) is 0 Å². The van der Waals surface area contributed by atoms with E-state index in [9.17, 15) is 4.79 Å². The van der Waals surface area contributed by atoms with Crippen molar-refractivity contribution in [1.29, 1.82) is 0 Å². The van der Waals surface area contributed by atoms with Crippen LogP contribution in [0.15, 0.2) is 36.7 Å². The standard InChI is InChI=1S/C21H20N4O/c1-12-8-9-23-10-16(12)14-6-3-7-15-19(22)18-17(24-20(14)15)11-25(21(18)26)13-4-2-5-13/h3,6-10,13H,2,4-5,11H2,1H3,(H2,22,24). The zero-order valence-corrected chi connectivity index (χ0v) is 14.7. The summed E-state index contributed by atoms with van der Waals surface area (Å²) in [6.45, 7) is 2.63. The molecule has 5 nitrogen and oxygen atoms in total. The number of hydrogen-bond acceptors (Lipinski definition) is 4. The summed E-state index contributed by atoms with van der Waals surface area (Å²) in [4.78, 5) is 24.0. The van der Waals surface area contributed by atoms with E-state index in [-0.39, 0.29) is 5.91 Å². The number of carbonyl (C=O) groups excluding carboxylic acids is 1. The molecule has 1 aliphatic heterocycles. The van der Waals surface area contributed by atoms with Gasteiger partial charge >= 0.3 is 0 Å². The summed E-state index contributed by atoms with van der Waals surface area (Å²) in [5.41, 5.74) is 12.5. The largest absolute Gasteiger partial charge is 0.397 e. The number of rotatable bonds is 2. The highest BCUT2D eigenvalue weighted by Gasteiger charge is 2.38. The Morgan fingerprint density at radius 3 is 2.77 bits per heavy atom. The van der Waals surface area contributed by atoms with Crippen LogP contribution in [-0.4, -0.2) is 26.8 Å². The van der Waals surface area contributed by atoms with Crippen molar-refractivity contribution in [1.82, 2.24) is 14.9 Å². The number of benzene rings is 1. The molecule has 1 aliphatic carbocycles. The molecule has 2 N–H and O–H groups in total. The topological polar surface area (TPSA) is 72.1 Å². The normalized spacial score (nSPS) is 16.8. The molecular formula is C21H20N4O. The lowest BCUT2D eigenvalue weighted by Gasteiger charge is -2.34. The first-order valence-corrected chi connectivity index (χ1v) is 9.08. The van der Waals surface area contributed by atoms with Crippen molar-refractivity contribution >= 4 is 22.5 Å². The van der Waals surface area contributed by atoms with E-state index in [0.29, 0.717) is 23.8 Å². The number of nitrogens with zero attached hydrogens (tertiary/aromatic N) is 3. The van der Waals surface area contributed by atoms with Crippen LogP contribution in [0.5, 0.6) is 0 Å². The Hall–Kier alpha value is -2.95. The highest BCUT2D eigenvalue weighted by Crippen LogP contribution is 2.39. The van der Waals surface area contributed by atoms with Gasteiger partial charge in [0.05, 0.1) is 29.0 Å². The Morgan fingerprint density at radius 1 is 1.19 bits per heavy atom. The van der Waals surface area contributed by atoms with Crippen molar-refractivity contribution in [2.75, 3.05) is 5.73 Å². The lowest BCUT2D eigenvalue weighted by Crippen LogP contribution is -2.40. The lowest BCUT2D eigenvalue weighted by molar-refractivity contribution is 0.0606. The molecule has 2 aliphatic rings. The van der Waals surface area contributed by atoms with E-state index in [1.54, 1.807) is 6.20 Å². The van der Waals surface area contributed by atoms with E-state index in [0.717, 1.165) is 46.1 Å². The van der Waals surface area contributed by atoms with Gasteiger partial charge in [0.15, 0.2) is 0 Å². The first-order chi connectivity index (χ1) is 12.6. The SMILES string of the molecule is Cc1ccncc1-c1cccc2c(N)c3c(nc12)CN(C1CCC1)C3=O. The Kier molecular flexibility index (Phi) is 3.26. The van der Waals surface area contributed by atoms with Gasteiger partial charge in [-0.25, -0.2) is 4.98 Å². The maximum absolute atomic E-state index is 12.9. The minimum Gasteiger partial charge on any atom is -0.397 e. The second kappa shape index (κ2) is 5.53. The fourth-order valence-corrected chi connectivity index (χ4v) is 4.05. The fraction of sp³-hybridized carbons (Fsp3) is 0.286. The summed E-state index contributed by atoms with van der Waals surface area (Å²) in [5.74, 6) is 0.0413. The third kappa shape index (κ3) is 2.06. The summed E-state index contributed by atoms with van der Waals surface area (Å²) in [6, 6.07) is 8.31. The Labute approximate surface area is 151 Å². The van der Waals surface area contributed by atoms with Crippen LogP contribution in [0.1, 0.15) is 40.9 Å². The molecular weight excluding hydrogens is 324 g/mol. The number of fused-ring (bicyclic) bond motifs is 2. The number of carbonyl (C=O) groups is 1. The van der Waals surface area contributed by atoms with Crippen molar-refractivity contribution in [2.24, 2.45) is 0 Å². The van der Waals surface area contributed by atoms with Gasteiger partial charge in [-0.2, -0.15) is 0 Å². The molecule has 0 bridgehead atoms. The molecule has 5 rings (SSSR count). The molecule has 130 valence electrons. The lowest BCUT2D eigenvalue weighted by atomic mass is 9.92. The van der Waals surface area contributed by atoms with Crippen molar-refractivity contribution in [3.05, 3.63) is 53.5 Å². The van der Waals surface area contributed by atoms with Gasteiger partial charge in [-0.1, -0.05) is 18.2 Å². The molecule has 0 unspecified atom stereocenters. The minimum absolute atomic E-state index is 0.0413. The highest BCUT2D eigenvalue weighted by molar-refractivity contribution is 6.11. The predicted molar refractivity (Wildman–Crippen MR) is 102 cm³/mol. The molecule has 3 heterocycles. The number of anilines is 1. The first kappa shape index (κ1) is 15.3. The Balaban J connectivity index is 1.72. The molecule has 3 aromatic rings. The number of nitrogen functional groups attached to an aromatic ring is 1. The smallest absolute Gasteiger partial charge is 0.258 e. The zero-order chi connectivity index (χ0) is 17.8. The molecule has 0 saturated heterocycles. The second-order valence-corrected chi connectivity index (χ2v) is 7.26. The zero-order valence-electron chi connectivity index (χ0n) is 14.7. The molecule has 1 saturated carbocycles. The van der Waals surface area contributed by atoms with E-state index >= 15 is 0 Å². The number of hydrogen-bond donors (Lipinski definition) is 1. The molecule has 1 aromatic carbocycles. The number of nitrogens with two attached hydrogens (primary N) is 1. The molecule has 5 heteroatoms. The van der Waals surface area contributed by atoms with Gasteiger partial charge in [0.1, 0.15) is 0 Å². The van der Waals surface area contributed by atoms with Gasteiger partial charge in [0.2, 0.25) is 0 Å². The monoisotopic (exact) mass is 344 g/mol. The first-order valence-electron chi connectivity index (χ1n) is 9.08. The van der Waals surface area contributed by atoms with E-state index in [1.807, 2.05) is 35.4 Å². The van der Waals surface area contributed by atoms with Gasteiger partial charge in [0, 0.05) is 34.9 Å². The van der Waals surface area contributed by atoms with Crippen LogP contribution in [0.2, 0.25) is 0 Å².